The first kappa shape index (κ1) is 15.5. The van der Waals surface area contributed by atoms with Crippen molar-refractivity contribution in [1.82, 2.24) is 4.90 Å². The Hall–Kier alpha value is -0.570. The maximum absolute atomic E-state index is 10.6. The van der Waals surface area contributed by atoms with Crippen LogP contribution in [-0.2, 0) is 4.79 Å². The van der Waals surface area contributed by atoms with Crippen LogP contribution in [-0.4, -0.2) is 35.1 Å². The molecule has 1 fully saturated rings. The standard InChI is InChI=1S/C15H29NO2/c1-3-5-8-14(4-2)16-11-6-7-13(12-16)9-10-15(17)18/h13-14H,3-12H2,1-2H3,(H,17,18). The van der Waals surface area contributed by atoms with Crippen LogP contribution >= 0.6 is 0 Å². The summed E-state index contributed by atoms with van der Waals surface area (Å²) in [6, 6.07) is 0.720. The highest BCUT2D eigenvalue weighted by Crippen LogP contribution is 2.25. The predicted octanol–water partition coefficient (Wildman–Crippen LogP) is 3.53. The number of carboxylic acids is 1. The van der Waals surface area contributed by atoms with Crippen LogP contribution in [0.5, 0.6) is 0 Å². The highest BCUT2D eigenvalue weighted by atomic mass is 16.4. The number of aliphatic carboxylic acids is 1. The van der Waals surface area contributed by atoms with Gasteiger partial charge in [0.15, 0.2) is 0 Å². The number of hydrogen-bond acceptors (Lipinski definition) is 2. The molecule has 2 atom stereocenters. The Balaban J connectivity index is 2.38. The molecule has 0 amide bonds. The molecule has 1 aliphatic heterocycles. The van der Waals surface area contributed by atoms with E-state index in [1.807, 2.05) is 0 Å². The van der Waals surface area contributed by atoms with E-state index in [1.54, 1.807) is 0 Å². The topological polar surface area (TPSA) is 40.5 Å². The van der Waals surface area contributed by atoms with Gasteiger partial charge in [-0.2, -0.15) is 0 Å². The lowest BCUT2D eigenvalue weighted by Crippen LogP contribution is -2.42. The van der Waals surface area contributed by atoms with Gasteiger partial charge in [0.05, 0.1) is 0 Å². The minimum Gasteiger partial charge on any atom is -0.481 e. The zero-order valence-corrected chi connectivity index (χ0v) is 12.0. The van der Waals surface area contributed by atoms with Crippen LogP contribution in [0, 0.1) is 5.92 Å². The third-order valence-corrected chi connectivity index (χ3v) is 4.20. The van der Waals surface area contributed by atoms with Crippen LogP contribution in [0.3, 0.4) is 0 Å². The monoisotopic (exact) mass is 255 g/mol. The molecule has 0 saturated carbocycles. The molecule has 1 rings (SSSR count). The van der Waals surface area contributed by atoms with Crippen LogP contribution in [0.4, 0.5) is 0 Å². The average molecular weight is 255 g/mol. The average Bonchev–Trinajstić information content (AvgIpc) is 2.38. The van der Waals surface area contributed by atoms with Gasteiger partial charge < -0.3 is 10.0 Å². The molecule has 2 unspecified atom stereocenters. The molecule has 0 aliphatic carbocycles. The van der Waals surface area contributed by atoms with Gasteiger partial charge in [-0.25, -0.2) is 0 Å². The van der Waals surface area contributed by atoms with Gasteiger partial charge in [-0.05, 0) is 44.6 Å². The zero-order valence-electron chi connectivity index (χ0n) is 12.0. The molecule has 0 bridgehead atoms. The van der Waals surface area contributed by atoms with Crippen molar-refractivity contribution in [2.24, 2.45) is 5.92 Å². The fraction of sp³-hybridized carbons (Fsp3) is 0.933. The minimum atomic E-state index is -0.648. The molecule has 3 heteroatoms. The lowest BCUT2D eigenvalue weighted by Gasteiger charge is -2.38. The maximum Gasteiger partial charge on any atom is 0.303 e. The highest BCUT2D eigenvalue weighted by molar-refractivity contribution is 5.66. The molecule has 18 heavy (non-hydrogen) atoms. The molecular formula is C15H29NO2. The van der Waals surface area contributed by atoms with E-state index in [2.05, 4.69) is 18.7 Å². The van der Waals surface area contributed by atoms with Gasteiger partial charge in [-0.1, -0.05) is 26.7 Å². The van der Waals surface area contributed by atoms with E-state index in [4.69, 9.17) is 5.11 Å². The van der Waals surface area contributed by atoms with Crippen molar-refractivity contribution in [2.45, 2.75) is 71.3 Å². The van der Waals surface area contributed by atoms with E-state index in [0.29, 0.717) is 12.3 Å². The summed E-state index contributed by atoms with van der Waals surface area (Å²) >= 11 is 0. The summed E-state index contributed by atoms with van der Waals surface area (Å²) in [7, 11) is 0. The van der Waals surface area contributed by atoms with Crippen LogP contribution in [0.2, 0.25) is 0 Å². The molecule has 1 N–H and O–H groups in total. The number of hydrogen-bond donors (Lipinski definition) is 1. The van der Waals surface area contributed by atoms with Crippen molar-refractivity contribution in [3.8, 4) is 0 Å². The normalized spacial score (nSPS) is 22.9. The van der Waals surface area contributed by atoms with E-state index in [9.17, 15) is 4.79 Å². The largest absolute Gasteiger partial charge is 0.481 e. The predicted molar refractivity (Wildman–Crippen MR) is 74.8 cm³/mol. The summed E-state index contributed by atoms with van der Waals surface area (Å²) in [5, 5.41) is 8.77. The molecular weight excluding hydrogens is 226 g/mol. The van der Waals surface area contributed by atoms with Crippen molar-refractivity contribution in [3.63, 3.8) is 0 Å². The van der Waals surface area contributed by atoms with Gasteiger partial charge in [-0.3, -0.25) is 4.79 Å². The lowest BCUT2D eigenvalue weighted by molar-refractivity contribution is -0.137. The van der Waals surface area contributed by atoms with Crippen molar-refractivity contribution >= 4 is 5.97 Å². The van der Waals surface area contributed by atoms with Crippen LogP contribution in [0.1, 0.15) is 65.2 Å². The van der Waals surface area contributed by atoms with Crippen molar-refractivity contribution in [2.75, 3.05) is 13.1 Å². The first-order chi connectivity index (χ1) is 8.67. The molecule has 0 aromatic carbocycles. The summed E-state index contributed by atoms with van der Waals surface area (Å²) in [4.78, 5) is 13.3. The van der Waals surface area contributed by atoms with Gasteiger partial charge in [0.2, 0.25) is 0 Å². The molecule has 0 radical (unpaired) electrons. The Morgan fingerprint density at radius 2 is 2.22 bits per heavy atom. The van der Waals surface area contributed by atoms with Crippen molar-refractivity contribution < 1.29 is 9.90 Å². The summed E-state index contributed by atoms with van der Waals surface area (Å²) in [5.74, 6) is -0.0457. The lowest BCUT2D eigenvalue weighted by atomic mass is 9.91. The third kappa shape index (κ3) is 5.38. The van der Waals surface area contributed by atoms with Gasteiger partial charge in [-0.15, -0.1) is 0 Å². The first-order valence-electron chi connectivity index (χ1n) is 7.63. The summed E-state index contributed by atoms with van der Waals surface area (Å²) in [5.41, 5.74) is 0. The SMILES string of the molecule is CCCCC(CC)N1CCCC(CCC(=O)O)C1. The Labute approximate surface area is 112 Å². The Morgan fingerprint density at radius 1 is 1.44 bits per heavy atom. The molecule has 0 aromatic heterocycles. The smallest absolute Gasteiger partial charge is 0.303 e. The molecule has 1 heterocycles. The highest BCUT2D eigenvalue weighted by Gasteiger charge is 2.24. The van der Waals surface area contributed by atoms with Crippen molar-refractivity contribution in [1.29, 1.82) is 0 Å². The fourth-order valence-electron chi connectivity index (χ4n) is 3.08. The number of unbranched alkanes of at least 4 members (excludes halogenated alkanes) is 1. The Morgan fingerprint density at radius 3 is 2.83 bits per heavy atom. The van der Waals surface area contributed by atoms with E-state index >= 15 is 0 Å². The van der Waals surface area contributed by atoms with E-state index in [1.165, 1.54) is 45.1 Å². The maximum atomic E-state index is 10.6. The van der Waals surface area contributed by atoms with Gasteiger partial charge in [0, 0.05) is 19.0 Å². The first-order valence-corrected chi connectivity index (χ1v) is 7.63. The van der Waals surface area contributed by atoms with Crippen LogP contribution in [0.25, 0.3) is 0 Å². The van der Waals surface area contributed by atoms with E-state index in [0.717, 1.165) is 19.0 Å². The number of likely N-dealkylation sites (tertiary alicyclic amines) is 1. The van der Waals surface area contributed by atoms with Gasteiger partial charge in [0.1, 0.15) is 0 Å². The number of rotatable bonds is 8. The molecule has 106 valence electrons. The number of nitrogens with zero attached hydrogens (tertiary/aromatic N) is 1. The van der Waals surface area contributed by atoms with E-state index < -0.39 is 5.97 Å². The molecule has 3 nitrogen and oxygen atoms in total. The third-order valence-electron chi connectivity index (χ3n) is 4.20. The van der Waals surface area contributed by atoms with Crippen LogP contribution < -0.4 is 0 Å². The van der Waals surface area contributed by atoms with Gasteiger partial charge in [0.25, 0.3) is 0 Å². The molecule has 1 saturated heterocycles. The second-order valence-corrected chi connectivity index (χ2v) is 5.64. The molecule has 0 spiro atoms. The Bertz CT molecular complexity index is 243. The zero-order chi connectivity index (χ0) is 13.4. The summed E-state index contributed by atoms with van der Waals surface area (Å²) in [6.07, 6.45) is 8.77. The fourth-order valence-corrected chi connectivity index (χ4v) is 3.08. The van der Waals surface area contributed by atoms with Crippen LogP contribution in [0.15, 0.2) is 0 Å². The minimum absolute atomic E-state index is 0.338. The molecule has 0 aromatic rings. The van der Waals surface area contributed by atoms with Gasteiger partial charge >= 0.3 is 5.97 Å². The number of carbonyl (C=O) groups is 1. The number of piperidine rings is 1. The Kier molecular flexibility index (Phi) is 7.33. The second-order valence-electron chi connectivity index (χ2n) is 5.64. The van der Waals surface area contributed by atoms with Crippen molar-refractivity contribution in [3.05, 3.63) is 0 Å². The summed E-state index contributed by atoms with van der Waals surface area (Å²) in [6.45, 7) is 6.86. The van der Waals surface area contributed by atoms with E-state index in [-0.39, 0.29) is 0 Å². The quantitative estimate of drug-likeness (QED) is 0.721. The molecule has 1 aliphatic rings. The number of carboxylic acid groups (broad SMARTS) is 1. The second kappa shape index (κ2) is 8.52. The summed E-state index contributed by atoms with van der Waals surface area (Å²) < 4.78 is 0.